The molecule has 0 bridgehead atoms. The second-order valence-electron chi connectivity index (χ2n) is 6.24. The maximum Gasteiger partial charge on any atom is 0.227 e. The predicted molar refractivity (Wildman–Crippen MR) is 97.7 cm³/mol. The van der Waals surface area contributed by atoms with Gasteiger partial charge in [0, 0.05) is 23.7 Å². The van der Waals surface area contributed by atoms with Gasteiger partial charge >= 0.3 is 0 Å². The van der Waals surface area contributed by atoms with Crippen LogP contribution in [0.4, 0.5) is 11.4 Å². The van der Waals surface area contributed by atoms with Crippen LogP contribution >= 0.6 is 0 Å². The predicted octanol–water partition coefficient (Wildman–Crippen LogP) is 3.62. The molecule has 0 saturated heterocycles. The molecule has 1 aliphatic rings. The monoisotopic (exact) mass is 338 g/mol. The molecule has 5 nitrogen and oxygen atoms in total. The van der Waals surface area contributed by atoms with E-state index in [1.54, 1.807) is 31.4 Å². The number of rotatable bonds is 7. The molecule has 0 unspecified atom stereocenters. The highest BCUT2D eigenvalue weighted by Crippen LogP contribution is 2.30. The first-order valence-corrected chi connectivity index (χ1v) is 8.48. The van der Waals surface area contributed by atoms with E-state index in [0.29, 0.717) is 12.8 Å². The lowest BCUT2D eigenvalue weighted by molar-refractivity contribution is -0.117. The number of carbonyl (C=O) groups is 2. The molecule has 0 aromatic heterocycles. The van der Waals surface area contributed by atoms with E-state index in [9.17, 15) is 9.59 Å². The molecule has 2 N–H and O–H groups in total. The summed E-state index contributed by atoms with van der Waals surface area (Å²) < 4.78 is 5.18. The minimum absolute atomic E-state index is 0.0439. The Kier molecular flexibility index (Phi) is 5.33. The van der Waals surface area contributed by atoms with Crippen LogP contribution in [0.2, 0.25) is 0 Å². The summed E-state index contributed by atoms with van der Waals surface area (Å²) in [6.07, 6.45) is 3.01. The largest absolute Gasteiger partial charge is 0.497 e. The molecule has 5 heteroatoms. The molecule has 25 heavy (non-hydrogen) atoms. The van der Waals surface area contributed by atoms with Crippen LogP contribution in [-0.2, 0) is 16.0 Å². The van der Waals surface area contributed by atoms with Crippen LogP contribution < -0.4 is 15.4 Å². The average Bonchev–Trinajstić information content (AvgIpc) is 3.47. The van der Waals surface area contributed by atoms with Gasteiger partial charge in [-0.25, -0.2) is 0 Å². The van der Waals surface area contributed by atoms with Crippen molar-refractivity contribution in [2.24, 2.45) is 5.92 Å². The molecular formula is C20H22N2O3. The van der Waals surface area contributed by atoms with Crippen LogP contribution in [0.5, 0.6) is 5.75 Å². The zero-order valence-electron chi connectivity index (χ0n) is 14.2. The summed E-state index contributed by atoms with van der Waals surface area (Å²) in [6, 6.07) is 14.9. The van der Waals surface area contributed by atoms with Gasteiger partial charge in [-0.2, -0.15) is 0 Å². The molecule has 2 aromatic rings. The Morgan fingerprint density at radius 2 is 1.72 bits per heavy atom. The van der Waals surface area contributed by atoms with E-state index >= 15 is 0 Å². The molecule has 2 aromatic carbocycles. The summed E-state index contributed by atoms with van der Waals surface area (Å²) in [5.74, 6) is 1.00. The van der Waals surface area contributed by atoms with Gasteiger partial charge in [-0.05, 0) is 61.2 Å². The van der Waals surface area contributed by atoms with Crippen LogP contribution in [0.25, 0.3) is 0 Å². The molecule has 1 aliphatic carbocycles. The van der Waals surface area contributed by atoms with E-state index in [0.717, 1.165) is 35.5 Å². The summed E-state index contributed by atoms with van der Waals surface area (Å²) in [5, 5.41) is 5.75. The van der Waals surface area contributed by atoms with Crippen molar-refractivity contribution in [3.63, 3.8) is 0 Å². The smallest absolute Gasteiger partial charge is 0.227 e. The van der Waals surface area contributed by atoms with Gasteiger partial charge in [0.15, 0.2) is 0 Å². The van der Waals surface area contributed by atoms with Gasteiger partial charge in [-0.1, -0.05) is 12.1 Å². The van der Waals surface area contributed by atoms with Gasteiger partial charge in [0.05, 0.1) is 7.11 Å². The van der Waals surface area contributed by atoms with Crippen LogP contribution in [0.3, 0.4) is 0 Å². The SMILES string of the molecule is COc1cccc(CCC(=O)Nc2ccc(NC(=O)C3CC3)cc2)c1. The third-order valence-electron chi connectivity index (χ3n) is 4.16. The van der Waals surface area contributed by atoms with Crippen molar-refractivity contribution in [1.29, 1.82) is 0 Å². The van der Waals surface area contributed by atoms with Crippen molar-refractivity contribution in [3.8, 4) is 5.75 Å². The molecular weight excluding hydrogens is 316 g/mol. The Morgan fingerprint density at radius 1 is 1.04 bits per heavy atom. The summed E-state index contributed by atoms with van der Waals surface area (Å²) in [5.41, 5.74) is 2.54. The van der Waals surface area contributed by atoms with Crippen molar-refractivity contribution < 1.29 is 14.3 Å². The summed E-state index contributed by atoms with van der Waals surface area (Å²) >= 11 is 0. The lowest BCUT2D eigenvalue weighted by atomic mass is 10.1. The van der Waals surface area contributed by atoms with E-state index < -0.39 is 0 Å². The Labute approximate surface area is 147 Å². The topological polar surface area (TPSA) is 67.4 Å². The van der Waals surface area contributed by atoms with E-state index in [1.807, 2.05) is 24.3 Å². The Morgan fingerprint density at radius 3 is 2.36 bits per heavy atom. The van der Waals surface area contributed by atoms with Crippen molar-refractivity contribution in [2.75, 3.05) is 17.7 Å². The number of methoxy groups -OCH3 is 1. The number of benzene rings is 2. The van der Waals surface area contributed by atoms with Crippen molar-refractivity contribution in [1.82, 2.24) is 0 Å². The summed E-state index contributed by atoms with van der Waals surface area (Å²) in [6.45, 7) is 0. The van der Waals surface area contributed by atoms with E-state index in [1.165, 1.54) is 0 Å². The molecule has 0 heterocycles. The minimum atomic E-state index is -0.0439. The maximum absolute atomic E-state index is 12.1. The van der Waals surface area contributed by atoms with E-state index in [4.69, 9.17) is 4.74 Å². The maximum atomic E-state index is 12.1. The van der Waals surface area contributed by atoms with Crippen LogP contribution in [-0.4, -0.2) is 18.9 Å². The number of hydrogen-bond acceptors (Lipinski definition) is 3. The molecule has 0 radical (unpaired) electrons. The fourth-order valence-electron chi connectivity index (χ4n) is 2.54. The molecule has 3 rings (SSSR count). The number of nitrogens with one attached hydrogen (secondary N) is 2. The second kappa shape index (κ2) is 7.83. The normalized spacial score (nSPS) is 13.2. The summed E-state index contributed by atoms with van der Waals surface area (Å²) in [4.78, 5) is 23.8. The highest BCUT2D eigenvalue weighted by Gasteiger charge is 2.29. The van der Waals surface area contributed by atoms with Crippen molar-refractivity contribution in [2.45, 2.75) is 25.7 Å². The number of aryl methyl sites for hydroxylation is 1. The number of carbonyl (C=O) groups excluding carboxylic acids is 2. The highest BCUT2D eigenvalue weighted by atomic mass is 16.5. The minimum Gasteiger partial charge on any atom is -0.497 e. The van der Waals surface area contributed by atoms with Gasteiger partial charge in [-0.3, -0.25) is 9.59 Å². The van der Waals surface area contributed by atoms with E-state index in [2.05, 4.69) is 10.6 Å². The average molecular weight is 338 g/mol. The lowest BCUT2D eigenvalue weighted by Crippen LogP contribution is -2.14. The van der Waals surface area contributed by atoms with Crippen LogP contribution in [0.15, 0.2) is 48.5 Å². The third-order valence-corrected chi connectivity index (χ3v) is 4.16. The van der Waals surface area contributed by atoms with E-state index in [-0.39, 0.29) is 17.7 Å². The van der Waals surface area contributed by atoms with Gasteiger partial charge in [-0.15, -0.1) is 0 Å². The number of ether oxygens (including phenoxy) is 1. The number of hydrogen-bond donors (Lipinski definition) is 2. The zero-order chi connectivity index (χ0) is 17.6. The standard InChI is InChI=1S/C20H22N2O3/c1-25-18-4-2-3-14(13-18)5-12-19(23)21-16-8-10-17(11-9-16)22-20(24)15-6-7-15/h2-4,8-11,13,15H,5-7,12H2,1H3,(H,21,23)(H,22,24). The molecule has 1 fully saturated rings. The molecule has 130 valence electrons. The first kappa shape index (κ1) is 17.0. The quantitative estimate of drug-likeness (QED) is 0.810. The van der Waals surface area contributed by atoms with Crippen LogP contribution in [0.1, 0.15) is 24.8 Å². The van der Waals surface area contributed by atoms with Crippen molar-refractivity contribution >= 4 is 23.2 Å². The molecule has 0 aliphatic heterocycles. The third kappa shape index (κ3) is 5.08. The first-order valence-electron chi connectivity index (χ1n) is 8.48. The molecule has 0 atom stereocenters. The number of amides is 2. The van der Waals surface area contributed by atoms with Crippen LogP contribution in [0, 0.1) is 5.92 Å². The van der Waals surface area contributed by atoms with Gasteiger partial charge < -0.3 is 15.4 Å². The first-order chi connectivity index (χ1) is 12.1. The second-order valence-corrected chi connectivity index (χ2v) is 6.24. The summed E-state index contributed by atoms with van der Waals surface area (Å²) in [7, 11) is 1.63. The highest BCUT2D eigenvalue weighted by molar-refractivity contribution is 5.95. The molecule has 0 spiro atoms. The number of anilines is 2. The van der Waals surface area contributed by atoms with Crippen molar-refractivity contribution in [3.05, 3.63) is 54.1 Å². The molecule has 2 amide bonds. The zero-order valence-corrected chi connectivity index (χ0v) is 14.2. The Hall–Kier alpha value is -2.82. The fraction of sp³-hybridized carbons (Fsp3) is 0.300. The fourth-order valence-corrected chi connectivity index (χ4v) is 2.54. The van der Waals surface area contributed by atoms with Gasteiger partial charge in [0.25, 0.3) is 0 Å². The Balaban J connectivity index is 1.47. The Bertz CT molecular complexity index is 752. The van der Waals surface area contributed by atoms with Gasteiger partial charge in [0.2, 0.25) is 11.8 Å². The van der Waals surface area contributed by atoms with Gasteiger partial charge in [0.1, 0.15) is 5.75 Å². The lowest BCUT2D eigenvalue weighted by Gasteiger charge is -2.08. The molecule has 1 saturated carbocycles.